The van der Waals surface area contributed by atoms with Gasteiger partial charge in [-0.2, -0.15) is 0 Å². The number of fused-ring (bicyclic) bond motifs is 1. The molecule has 1 aliphatic carbocycles. The van der Waals surface area contributed by atoms with Crippen molar-refractivity contribution in [2.75, 3.05) is 5.32 Å². The Labute approximate surface area is 155 Å². The van der Waals surface area contributed by atoms with E-state index in [4.69, 9.17) is 0 Å². The van der Waals surface area contributed by atoms with Crippen LogP contribution in [0, 0.1) is 6.92 Å². The summed E-state index contributed by atoms with van der Waals surface area (Å²) in [5.74, 6) is 0. The van der Waals surface area contributed by atoms with Crippen LogP contribution < -0.4 is 10.6 Å². The third kappa shape index (κ3) is 3.21. The third-order valence-electron chi connectivity index (χ3n) is 4.63. The molecule has 0 fully saturated rings. The normalized spacial score (nSPS) is 18.4. The van der Waals surface area contributed by atoms with Crippen LogP contribution in [0.25, 0.3) is 10.4 Å². The molecule has 5 nitrogen and oxygen atoms in total. The molecule has 1 heterocycles. The number of benzene rings is 2. The van der Waals surface area contributed by atoms with Crippen LogP contribution in [0.1, 0.15) is 22.7 Å². The van der Waals surface area contributed by atoms with Crippen LogP contribution in [0.2, 0.25) is 0 Å². The molecule has 26 heavy (non-hydrogen) atoms. The largest absolute Gasteiger partial charge is 0.390 e. The van der Waals surface area contributed by atoms with E-state index in [9.17, 15) is 9.90 Å². The van der Waals surface area contributed by atoms with Crippen LogP contribution >= 0.6 is 11.3 Å². The number of anilines is 1. The van der Waals surface area contributed by atoms with Gasteiger partial charge in [0.25, 0.3) is 0 Å². The Morgan fingerprint density at radius 1 is 1.19 bits per heavy atom. The molecule has 0 saturated carbocycles. The van der Waals surface area contributed by atoms with Crippen LogP contribution in [0.4, 0.5) is 9.93 Å². The van der Waals surface area contributed by atoms with E-state index >= 15 is 0 Å². The molecule has 4 rings (SSSR count). The quantitative estimate of drug-likeness (QED) is 0.659. The highest BCUT2D eigenvalue weighted by atomic mass is 32.1. The van der Waals surface area contributed by atoms with Gasteiger partial charge in [-0.3, -0.25) is 5.32 Å². The molecule has 0 bridgehead atoms. The molecule has 6 heteroatoms. The molecule has 3 aromatic rings. The second-order valence-electron chi connectivity index (χ2n) is 6.39. The second-order valence-corrected chi connectivity index (χ2v) is 7.42. The Morgan fingerprint density at radius 3 is 2.81 bits per heavy atom. The highest BCUT2D eigenvalue weighted by molar-refractivity contribution is 7.19. The minimum atomic E-state index is -0.614. The highest BCUT2D eigenvalue weighted by Gasteiger charge is 2.31. The Bertz CT molecular complexity index is 953. The van der Waals surface area contributed by atoms with Crippen molar-refractivity contribution in [3.63, 3.8) is 0 Å². The molecule has 132 valence electrons. The van der Waals surface area contributed by atoms with Crippen molar-refractivity contribution in [1.82, 2.24) is 10.3 Å². The molecule has 0 radical (unpaired) electrons. The number of carbonyl (C=O) groups is 1. The summed E-state index contributed by atoms with van der Waals surface area (Å²) >= 11 is 1.43. The number of hydrogen-bond donors (Lipinski definition) is 3. The van der Waals surface area contributed by atoms with E-state index in [2.05, 4.69) is 15.6 Å². The van der Waals surface area contributed by atoms with Crippen molar-refractivity contribution in [1.29, 1.82) is 0 Å². The summed E-state index contributed by atoms with van der Waals surface area (Å²) in [6.07, 6.45) is 1.70. The average molecular weight is 365 g/mol. The highest BCUT2D eigenvalue weighted by Crippen LogP contribution is 2.33. The number of hydrogen-bond acceptors (Lipinski definition) is 4. The lowest BCUT2D eigenvalue weighted by molar-refractivity contribution is 0.144. The van der Waals surface area contributed by atoms with Gasteiger partial charge in [-0.15, -0.1) is 0 Å². The number of urea groups is 1. The van der Waals surface area contributed by atoms with Gasteiger partial charge in [0.2, 0.25) is 0 Å². The van der Waals surface area contributed by atoms with Gasteiger partial charge >= 0.3 is 6.03 Å². The first kappa shape index (κ1) is 16.8. The number of aliphatic hydroxyl groups is 1. The maximum absolute atomic E-state index is 12.4. The molecule has 0 aliphatic heterocycles. The number of aliphatic hydroxyl groups excluding tert-OH is 1. The molecule has 1 aliphatic rings. The van der Waals surface area contributed by atoms with Crippen molar-refractivity contribution in [3.05, 3.63) is 71.4 Å². The van der Waals surface area contributed by atoms with Crippen molar-refractivity contribution >= 4 is 22.5 Å². The minimum absolute atomic E-state index is 0.364. The number of nitrogens with one attached hydrogen (secondary N) is 2. The van der Waals surface area contributed by atoms with E-state index in [1.165, 1.54) is 11.3 Å². The summed E-state index contributed by atoms with van der Waals surface area (Å²) in [6.45, 7) is 2.05. The molecule has 0 unspecified atom stereocenters. The number of aromatic nitrogens is 1. The summed E-state index contributed by atoms with van der Waals surface area (Å²) < 4.78 is 0. The Hall–Kier alpha value is -2.70. The molecule has 0 saturated heterocycles. The van der Waals surface area contributed by atoms with Gasteiger partial charge < -0.3 is 10.4 Å². The fraction of sp³-hybridized carbons (Fsp3) is 0.200. The van der Waals surface area contributed by atoms with Crippen molar-refractivity contribution in [2.45, 2.75) is 25.5 Å². The van der Waals surface area contributed by atoms with Gasteiger partial charge in [-0.25, -0.2) is 9.78 Å². The van der Waals surface area contributed by atoms with E-state index in [1.54, 1.807) is 6.20 Å². The fourth-order valence-electron chi connectivity index (χ4n) is 3.33. The summed E-state index contributed by atoms with van der Waals surface area (Å²) in [7, 11) is 0. The smallest absolute Gasteiger partial charge is 0.321 e. The number of aryl methyl sites for hydroxylation is 1. The predicted octanol–water partition coefficient (Wildman–Crippen LogP) is 3.90. The Morgan fingerprint density at radius 2 is 1.96 bits per heavy atom. The van der Waals surface area contributed by atoms with Gasteiger partial charge in [0.05, 0.1) is 17.0 Å². The molecule has 2 aromatic carbocycles. The molecule has 2 atom stereocenters. The Balaban J connectivity index is 1.46. The zero-order valence-electron chi connectivity index (χ0n) is 14.3. The first-order valence-electron chi connectivity index (χ1n) is 8.47. The van der Waals surface area contributed by atoms with E-state index in [0.29, 0.717) is 11.6 Å². The topological polar surface area (TPSA) is 74.2 Å². The third-order valence-corrected chi connectivity index (χ3v) is 5.57. The number of nitrogens with zero attached hydrogens (tertiary/aromatic N) is 1. The summed E-state index contributed by atoms with van der Waals surface area (Å²) in [6, 6.07) is 15.1. The van der Waals surface area contributed by atoms with E-state index in [1.807, 2.05) is 55.5 Å². The number of amides is 2. The fourth-order valence-corrected chi connectivity index (χ4v) is 4.23. The molecule has 1 aromatic heterocycles. The molecule has 0 spiro atoms. The van der Waals surface area contributed by atoms with Crippen LogP contribution in [-0.4, -0.2) is 22.2 Å². The van der Waals surface area contributed by atoms with Gasteiger partial charge in [0.15, 0.2) is 5.13 Å². The van der Waals surface area contributed by atoms with Crippen LogP contribution in [0.15, 0.2) is 54.7 Å². The second kappa shape index (κ2) is 6.90. The first-order chi connectivity index (χ1) is 12.6. The molecule has 3 N–H and O–H groups in total. The summed E-state index contributed by atoms with van der Waals surface area (Å²) in [5, 5.41) is 16.4. The summed E-state index contributed by atoms with van der Waals surface area (Å²) in [4.78, 5) is 17.7. The number of carbonyl (C=O) groups excluding carboxylic acids is 1. The molecule has 2 amide bonds. The zero-order chi connectivity index (χ0) is 18.1. The summed E-state index contributed by atoms with van der Waals surface area (Å²) in [5.41, 5.74) is 4.31. The van der Waals surface area contributed by atoms with E-state index in [0.717, 1.165) is 27.1 Å². The monoisotopic (exact) mass is 365 g/mol. The Kier molecular flexibility index (Phi) is 4.44. The zero-order valence-corrected chi connectivity index (χ0v) is 15.1. The minimum Gasteiger partial charge on any atom is -0.390 e. The van der Waals surface area contributed by atoms with E-state index < -0.39 is 12.1 Å². The van der Waals surface area contributed by atoms with Crippen molar-refractivity contribution in [3.8, 4) is 10.4 Å². The van der Waals surface area contributed by atoms with Crippen LogP contribution in [0.3, 0.4) is 0 Å². The maximum Gasteiger partial charge on any atom is 0.321 e. The number of thiazole rings is 1. The van der Waals surface area contributed by atoms with E-state index in [-0.39, 0.29) is 6.03 Å². The lowest BCUT2D eigenvalue weighted by atomic mass is 10.1. The maximum atomic E-state index is 12.4. The standard InChI is InChI=1S/C20H19N3O2S/c1-12-6-2-4-8-14(12)17-11-21-20(26-17)23-19(25)22-18-15-9-5-3-7-13(15)10-16(18)24/h2-9,11,16,18,24H,10H2,1H3,(H2,21,22,23,25)/t16-,18-/m1/s1. The first-order valence-corrected chi connectivity index (χ1v) is 9.28. The van der Waals surface area contributed by atoms with Gasteiger partial charge in [0.1, 0.15) is 0 Å². The van der Waals surface area contributed by atoms with Crippen LogP contribution in [-0.2, 0) is 6.42 Å². The predicted molar refractivity (Wildman–Crippen MR) is 103 cm³/mol. The lowest BCUT2D eigenvalue weighted by Crippen LogP contribution is -2.36. The lowest BCUT2D eigenvalue weighted by Gasteiger charge is -2.17. The van der Waals surface area contributed by atoms with Gasteiger partial charge in [0, 0.05) is 12.6 Å². The number of rotatable bonds is 3. The van der Waals surface area contributed by atoms with Gasteiger partial charge in [-0.05, 0) is 29.2 Å². The van der Waals surface area contributed by atoms with Gasteiger partial charge in [-0.1, -0.05) is 59.9 Å². The van der Waals surface area contributed by atoms with Crippen molar-refractivity contribution in [2.24, 2.45) is 0 Å². The van der Waals surface area contributed by atoms with Crippen LogP contribution in [0.5, 0.6) is 0 Å². The molecular weight excluding hydrogens is 346 g/mol. The SMILES string of the molecule is Cc1ccccc1-c1cnc(NC(=O)N[C@@H]2c3ccccc3C[C@H]2O)s1. The van der Waals surface area contributed by atoms with Crippen molar-refractivity contribution < 1.29 is 9.90 Å². The molecular formula is C20H19N3O2S. The average Bonchev–Trinajstić information content (AvgIpc) is 3.20.